The number of benzene rings is 2. The monoisotopic (exact) mass is 236 g/mol. The summed E-state index contributed by atoms with van der Waals surface area (Å²) in [7, 11) is 0. The lowest BCUT2D eigenvalue weighted by atomic mass is 9.84. The van der Waals surface area contributed by atoms with Gasteiger partial charge in [-0.15, -0.1) is 0 Å². The third-order valence-electron chi connectivity index (χ3n) is 4.25. The van der Waals surface area contributed by atoms with Crippen LogP contribution in [0.15, 0.2) is 36.4 Å². The Kier molecular flexibility index (Phi) is 2.95. The minimum absolute atomic E-state index is 1.26. The van der Waals surface area contributed by atoms with Gasteiger partial charge in [0.05, 0.1) is 0 Å². The molecule has 0 aromatic heterocycles. The maximum Gasteiger partial charge on any atom is -0.0149 e. The van der Waals surface area contributed by atoms with Crippen molar-refractivity contribution >= 4 is 0 Å². The first-order chi connectivity index (χ1) is 8.77. The third kappa shape index (κ3) is 1.86. The van der Waals surface area contributed by atoms with Gasteiger partial charge in [-0.3, -0.25) is 0 Å². The van der Waals surface area contributed by atoms with Crippen LogP contribution < -0.4 is 0 Å². The summed E-state index contributed by atoms with van der Waals surface area (Å²) < 4.78 is 0. The van der Waals surface area contributed by atoms with Crippen LogP contribution in [-0.4, -0.2) is 0 Å². The molecule has 2 aromatic carbocycles. The van der Waals surface area contributed by atoms with Crippen molar-refractivity contribution in [2.24, 2.45) is 0 Å². The number of rotatable bonds is 1. The molecule has 0 unspecified atom stereocenters. The molecule has 0 heteroatoms. The van der Waals surface area contributed by atoms with E-state index in [4.69, 9.17) is 0 Å². The van der Waals surface area contributed by atoms with E-state index in [9.17, 15) is 0 Å². The van der Waals surface area contributed by atoms with Crippen molar-refractivity contribution in [1.82, 2.24) is 0 Å². The van der Waals surface area contributed by atoms with E-state index in [-0.39, 0.29) is 0 Å². The van der Waals surface area contributed by atoms with E-state index in [1.165, 1.54) is 47.9 Å². The van der Waals surface area contributed by atoms with Gasteiger partial charge in [-0.2, -0.15) is 0 Å². The Morgan fingerprint density at radius 3 is 2.39 bits per heavy atom. The molecule has 92 valence electrons. The molecule has 1 aliphatic carbocycles. The van der Waals surface area contributed by atoms with Crippen LogP contribution >= 0.6 is 0 Å². The largest absolute Gasteiger partial charge is 0.0620 e. The van der Waals surface area contributed by atoms with Crippen molar-refractivity contribution < 1.29 is 0 Å². The van der Waals surface area contributed by atoms with Crippen molar-refractivity contribution in [2.75, 3.05) is 0 Å². The lowest BCUT2D eigenvalue weighted by molar-refractivity contribution is 0.682. The summed E-state index contributed by atoms with van der Waals surface area (Å²) in [4.78, 5) is 0. The molecule has 0 aliphatic heterocycles. The topological polar surface area (TPSA) is 0 Å². The fraction of sp³-hybridized carbons (Fsp3) is 0.333. The van der Waals surface area contributed by atoms with Crippen LogP contribution in [0.5, 0.6) is 0 Å². The molecule has 0 amide bonds. The van der Waals surface area contributed by atoms with Gasteiger partial charge in [0, 0.05) is 0 Å². The Morgan fingerprint density at radius 2 is 1.56 bits per heavy atom. The van der Waals surface area contributed by atoms with E-state index < -0.39 is 0 Å². The Labute approximate surface area is 110 Å². The predicted octanol–water partition coefficient (Wildman–Crippen LogP) is 4.85. The van der Waals surface area contributed by atoms with Crippen LogP contribution in [-0.2, 0) is 12.8 Å². The molecule has 1 aliphatic rings. The second-order valence-electron chi connectivity index (χ2n) is 5.40. The van der Waals surface area contributed by atoms with Crippen LogP contribution in [0.1, 0.15) is 35.1 Å². The fourth-order valence-corrected chi connectivity index (χ4v) is 3.18. The van der Waals surface area contributed by atoms with E-state index in [2.05, 4.69) is 50.2 Å². The summed E-state index contributed by atoms with van der Waals surface area (Å²) in [5, 5.41) is 0. The lowest BCUT2D eigenvalue weighted by Gasteiger charge is -2.21. The zero-order valence-corrected chi connectivity index (χ0v) is 11.3. The van der Waals surface area contributed by atoms with Gasteiger partial charge in [0.25, 0.3) is 0 Å². The third-order valence-corrected chi connectivity index (χ3v) is 4.25. The molecule has 0 nitrogen and oxygen atoms in total. The lowest BCUT2D eigenvalue weighted by Crippen LogP contribution is -2.05. The smallest absolute Gasteiger partial charge is 0.0149 e. The minimum Gasteiger partial charge on any atom is -0.0620 e. The van der Waals surface area contributed by atoms with Crippen LogP contribution in [0, 0.1) is 13.8 Å². The first kappa shape index (κ1) is 11.5. The molecule has 0 N–H and O–H groups in total. The van der Waals surface area contributed by atoms with Crippen LogP contribution in [0.4, 0.5) is 0 Å². The molecule has 0 bridgehead atoms. The number of aryl methyl sites for hydroxylation is 2. The molecule has 0 radical (unpaired) electrons. The van der Waals surface area contributed by atoms with Crippen molar-refractivity contribution in [3.05, 3.63) is 58.7 Å². The molecule has 2 aromatic rings. The van der Waals surface area contributed by atoms with E-state index in [0.717, 1.165) is 0 Å². The highest BCUT2D eigenvalue weighted by molar-refractivity contribution is 5.72. The maximum absolute atomic E-state index is 2.35. The van der Waals surface area contributed by atoms with Gasteiger partial charge in [-0.05, 0) is 72.9 Å². The first-order valence-electron chi connectivity index (χ1n) is 6.95. The molecule has 18 heavy (non-hydrogen) atoms. The van der Waals surface area contributed by atoms with Crippen molar-refractivity contribution in [3.8, 4) is 11.1 Å². The molecular formula is C18H20. The average Bonchev–Trinajstić information content (AvgIpc) is 2.41. The van der Waals surface area contributed by atoms with Gasteiger partial charge < -0.3 is 0 Å². The average molecular weight is 236 g/mol. The van der Waals surface area contributed by atoms with Gasteiger partial charge in [0.1, 0.15) is 0 Å². The molecule has 0 fully saturated rings. The van der Waals surface area contributed by atoms with Crippen LogP contribution in [0.3, 0.4) is 0 Å². The zero-order chi connectivity index (χ0) is 12.5. The Morgan fingerprint density at radius 1 is 0.778 bits per heavy atom. The van der Waals surface area contributed by atoms with Gasteiger partial charge in [-0.25, -0.2) is 0 Å². The normalized spacial score (nSPS) is 14.3. The maximum atomic E-state index is 2.35. The highest BCUT2D eigenvalue weighted by Gasteiger charge is 2.15. The van der Waals surface area contributed by atoms with Gasteiger partial charge in [-0.1, -0.05) is 36.4 Å². The Bertz CT molecular complexity index is 579. The Balaban J connectivity index is 2.17. The summed E-state index contributed by atoms with van der Waals surface area (Å²) in [5.41, 5.74) is 8.88. The van der Waals surface area contributed by atoms with E-state index >= 15 is 0 Å². The standard InChI is InChI=1S/C18H20/c1-13-7-3-5-9-16(13)18-12-11-15-8-4-6-10-17(15)14(18)2/h3,5,7,9,11-12H,4,6,8,10H2,1-2H3. The van der Waals surface area contributed by atoms with Crippen molar-refractivity contribution in [2.45, 2.75) is 39.5 Å². The quantitative estimate of drug-likeness (QED) is 0.664. The molecule has 0 heterocycles. The van der Waals surface area contributed by atoms with Crippen molar-refractivity contribution in [3.63, 3.8) is 0 Å². The molecule has 0 saturated carbocycles. The highest BCUT2D eigenvalue weighted by atomic mass is 14.2. The van der Waals surface area contributed by atoms with Gasteiger partial charge >= 0.3 is 0 Å². The van der Waals surface area contributed by atoms with Gasteiger partial charge in [0.2, 0.25) is 0 Å². The molecule has 0 spiro atoms. The molecule has 0 saturated heterocycles. The molecule has 3 rings (SSSR count). The zero-order valence-electron chi connectivity index (χ0n) is 11.3. The fourth-order valence-electron chi connectivity index (χ4n) is 3.18. The van der Waals surface area contributed by atoms with E-state index in [1.807, 2.05) is 0 Å². The second kappa shape index (κ2) is 4.61. The Hall–Kier alpha value is -1.56. The van der Waals surface area contributed by atoms with E-state index in [0.29, 0.717) is 0 Å². The van der Waals surface area contributed by atoms with Crippen LogP contribution in [0.25, 0.3) is 11.1 Å². The molecule has 0 atom stereocenters. The highest BCUT2D eigenvalue weighted by Crippen LogP contribution is 2.33. The summed E-state index contributed by atoms with van der Waals surface area (Å²) >= 11 is 0. The van der Waals surface area contributed by atoms with E-state index in [1.54, 1.807) is 11.1 Å². The second-order valence-corrected chi connectivity index (χ2v) is 5.40. The molecular weight excluding hydrogens is 216 g/mol. The summed E-state index contributed by atoms with van der Waals surface area (Å²) in [5.74, 6) is 0. The summed E-state index contributed by atoms with van der Waals surface area (Å²) in [6, 6.07) is 13.4. The number of hydrogen-bond donors (Lipinski definition) is 0. The minimum atomic E-state index is 1.26. The summed E-state index contributed by atoms with van der Waals surface area (Å²) in [6.45, 7) is 4.50. The van der Waals surface area contributed by atoms with Crippen molar-refractivity contribution in [1.29, 1.82) is 0 Å². The number of hydrogen-bond acceptors (Lipinski definition) is 0. The SMILES string of the molecule is Cc1ccccc1-c1ccc2c(c1C)CCCC2. The summed E-state index contributed by atoms with van der Waals surface area (Å²) in [6.07, 6.45) is 5.24. The van der Waals surface area contributed by atoms with Crippen LogP contribution in [0.2, 0.25) is 0 Å². The first-order valence-corrected chi connectivity index (χ1v) is 6.95. The predicted molar refractivity (Wildman–Crippen MR) is 78.0 cm³/mol. The van der Waals surface area contributed by atoms with Gasteiger partial charge in [0.15, 0.2) is 0 Å². The number of fused-ring (bicyclic) bond motifs is 1.